The molecule has 1 unspecified atom stereocenters. The van der Waals surface area contributed by atoms with E-state index in [9.17, 15) is 4.79 Å². The zero-order valence-corrected chi connectivity index (χ0v) is 14.8. The molecule has 130 valence electrons. The Balaban J connectivity index is 1.46. The van der Waals surface area contributed by atoms with E-state index in [0.29, 0.717) is 11.4 Å². The van der Waals surface area contributed by atoms with Gasteiger partial charge in [-0.3, -0.25) is 14.7 Å². The highest BCUT2D eigenvalue weighted by molar-refractivity contribution is 6.30. The Kier molecular flexibility index (Phi) is 4.48. The maximum Gasteiger partial charge on any atom is 0.170 e. The van der Waals surface area contributed by atoms with Crippen LogP contribution in [0.25, 0.3) is 0 Å². The molecule has 5 heteroatoms. The number of aromatic nitrogens is 1. The first-order valence-corrected chi connectivity index (χ1v) is 9.15. The van der Waals surface area contributed by atoms with Gasteiger partial charge in [0, 0.05) is 25.7 Å². The second-order valence-electron chi connectivity index (χ2n) is 6.98. The van der Waals surface area contributed by atoms with Crippen LogP contribution in [0, 0.1) is 0 Å². The number of Topliss-reactive ketones (excluding diaryl/α,β-unsaturated/α-hetero) is 1. The van der Waals surface area contributed by atoms with Gasteiger partial charge < -0.3 is 4.74 Å². The van der Waals surface area contributed by atoms with Gasteiger partial charge in [0.05, 0.1) is 22.7 Å². The van der Waals surface area contributed by atoms with Crippen molar-refractivity contribution in [3.8, 4) is 5.75 Å². The summed E-state index contributed by atoms with van der Waals surface area (Å²) in [7, 11) is 0. The van der Waals surface area contributed by atoms with Crippen LogP contribution in [0.3, 0.4) is 0 Å². The van der Waals surface area contributed by atoms with Crippen molar-refractivity contribution in [1.82, 2.24) is 9.88 Å². The fraction of sp³-hybridized carbons (Fsp3) is 0.400. The fourth-order valence-electron chi connectivity index (χ4n) is 3.83. The summed E-state index contributed by atoms with van der Waals surface area (Å²) in [6, 6.07) is 11.4. The molecule has 1 saturated heterocycles. The van der Waals surface area contributed by atoms with E-state index in [0.717, 1.165) is 55.9 Å². The second kappa shape index (κ2) is 6.77. The van der Waals surface area contributed by atoms with Crippen molar-refractivity contribution in [2.75, 3.05) is 13.1 Å². The SMILES string of the molecule is O=C1CC2(CCCN(Cc3ccc(Cl)cn3)CC2)Oc2ccccc21. The second-order valence-corrected chi connectivity index (χ2v) is 7.42. The van der Waals surface area contributed by atoms with Gasteiger partial charge in [-0.25, -0.2) is 0 Å². The molecule has 2 aromatic rings. The van der Waals surface area contributed by atoms with Crippen LogP contribution >= 0.6 is 11.6 Å². The van der Waals surface area contributed by atoms with E-state index in [2.05, 4.69) is 9.88 Å². The summed E-state index contributed by atoms with van der Waals surface area (Å²) >= 11 is 5.91. The number of halogens is 1. The zero-order chi connectivity index (χ0) is 17.3. The van der Waals surface area contributed by atoms with Gasteiger partial charge in [-0.1, -0.05) is 23.7 Å². The number of hydrogen-bond donors (Lipinski definition) is 0. The van der Waals surface area contributed by atoms with Crippen LogP contribution in [-0.2, 0) is 6.54 Å². The number of nitrogens with zero attached hydrogens (tertiary/aromatic N) is 2. The monoisotopic (exact) mass is 356 g/mol. The summed E-state index contributed by atoms with van der Waals surface area (Å²) in [5.74, 6) is 0.946. The summed E-state index contributed by atoms with van der Waals surface area (Å²) in [5, 5.41) is 0.659. The Morgan fingerprint density at radius 1 is 1.16 bits per heavy atom. The lowest BCUT2D eigenvalue weighted by Crippen LogP contribution is -2.42. The number of pyridine rings is 1. The number of likely N-dealkylation sites (tertiary alicyclic amines) is 1. The highest BCUT2D eigenvalue weighted by Crippen LogP contribution is 2.39. The minimum atomic E-state index is -0.354. The molecule has 25 heavy (non-hydrogen) atoms. The molecule has 1 fully saturated rings. The Labute approximate surface area is 152 Å². The fourth-order valence-corrected chi connectivity index (χ4v) is 3.94. The maximum absolute atomic E-state index is 12.6. The number of para-hydroxylation sites is 1. The lowest BCUT2D eigenvalue weighted by atomic mass is 9.84. The Bertz CT molecular complexity index is 778. The van der Waals surface area contributed by atoms with Crippen LogP contribution in [0.1, 0.15) is 41.7 Å². The molecule has 0 saturated carbocycles. The topological polar surface area (TPSA) is 42.4 Å². The number of rotatable bonds is 2. The van der Waals surface area contributed by atoms with Crippen molar-refractivity contribution in [2.45, 2.75) is 37.8 Å². The predicted octanol–water partition coefficient (Wildman–Crippen LogP) is 4.13. The summed E-state index contributed by atoms with van der Waals surface area (Å²) in [6.45, 7) is 2.70. The van der Waals surface area contributed by atoms with Gasteiger partial charge in [0.25, 0.3) is 0 Å². The first kappa shape index (κ1) is 16.6. The molecule has 4 rings (SSSR count). The van der Waals surface area contributed by atoms with Crippen molar-refractivity contribution in [2.24, 2.45) is 0 Å². The molecular formula is C20H21ClN2O2. The van der Waals surface area contributed by atoms with Crippen molar-refractivity contribution >= 4 is 17.4 Å². The maximum atomic E-state index is 12.6. The number of carbonyl (C=O) groups is 1. The molecule has 2 aliphatic rings. The van der Waals surface area contributed by atoms with Gasteiger partial charge in [-0.05, 0) is 43.7 Å². The molecule has 2 aliphatic heterocycles. The average molecular weight is 357 g/mol. The van der Waals surface area contributed by atoms with E-state index in [4.69, 9.17) is 16.3 Å². The third-order valence-electron chi connectivity index (χ3n) is 5.16. The predicted molar refractivity (Wildman–Crippen MR) is 97.1 cm³/mol. The summed E-state index contributed by atoms with van der Waals surface area (Å²) < 4.78 is 6.34. The molecule has 3 heterocycles. The van der Waals surface area contributed by atoms with Gasteiger partial charge in [-0.2, -0.15) is 0 Å². The molecule has 0 N–H and O–H groups in total. The summed E-state index contributed by atoms with van der Waals surface area (Å²) in [5.41, 5.74) is 1.39. The molecule has 0 amide bonds. The Hall–Kier alpha value is -1.91. The highest BCUT2D eigenvalue weighted by atomic mass is 35.5. The molecule has 1 aromatic carbocycles. The minimum Gasteiger partial charge on any atom is -0.486 e. The van der Waals surface area contributed by atoms with Gasteiger partial charge in [0.1, 0.15) is 11.4 Å². The van der Waals surface area contributed by atoms with Gasteiger partial charge in [-0.15, -0.1) is 0 Å². The number of ketones is 1. The lowest BCUT2D eigenvalue weighted by molar-refractivity contribution is 0.0298. The quantitative estimate of drug-likeness (QED) is 0.811. The number of hydrogen-bond acceptors (Lipinski definition) is 4. The van der Waals surface area contributed by atoms with E-state index >= 15 is 0 Å². The van der Waals surface area contributed by atoms with Crippen molar-refractivity contribution in [3.63, 3.8) is 0 Å². The molecular weight excluding hydrogens is 336 g/mol. The standard InChI is InChI=1S/C20H21ClN2O2/c21-15-6-7-16(22-13-15)14-23-10-3-8-20(9-11-23)12-18(24)17-4-1-2-5-19(17)25-20/h1-2,4-7,13H,3,8-12,14H2. The van der Waals surface area contributed by atoms with Crippen molar-refractivity contribution < 1.29 is 9.53 Å². The lowest BCUT2D eigenvalue weighted by Gasteiger charge is -2.37. The molecule has 4 nitrogen and oxygen atoms in total. The van der Waals surface area contributed by atoms with Crippen LogP contribution in [0.2, 0.25) is 5.02 Å². The van der Waals surface area contributed by atoms with Crippen LogP contribution in [0.4, 0.5) is 0 Å². The van der Waals surface area contributed by atoms with E-state index < -0.39 is 0 Å². The Morgan fingerprint density at radius 3 is 2.88 bits per heavy atom. The largest absolute Gasteiger partial charge is 0.486 e. The van der Waals surface area contributed by atoms with Gasteiger partial charge in [0.15, 0.2) is 5.78 Å². The van der Waals surface area contributed by atoms with E-state index in [1.807, 2.05) is 36.4 Å². The first-order valence-electron chi connectivity index (χ1n) is 8.78. The molecule has 1 aromatic heterocycles. The summed E-state index contributed by atoms with van der Waals surface area (Å²) in [4.78, 5) is 19.3. The van der Waals surface area contributed by atoms with Crippen molar-refractivity contribution in [3.05, 3.63) is 58.9 Å². The average Bonchev–Trinajstić information content (AvgIpc) is 2.79. The smallest absolute Gasteiger partial charge is 0.170 e. The summed E-state index contributed by atoms with van der Waals surface area (Å²) in [6.07, 6.45) is 4.97. The van der Waals surface area contributed by atoms with Crippen molar-refractivity contribution in [1.29, 1.82) is 0 Å². The molecule has 1 atom stereocenters. The van der Waals surface area contributed by atoms with Gasteiger partial charge in [0.2, 0.25) is 0 Å². The van der Waals surface area contributed by atoms with Gasteiger partial charge >= 0.3 is 0 Å². The number of fused-ring (bicyclic) bond motifs is 1. The van der Waals surface area contributed by atoms with Crippen LogP contribution in [0.5, 0.6) is 5.75 Å². The molecule has 1 spiro atoms. The Morgan fingerprint density at radius 2 is 2.04 bits per heavy atom. The van der Waals surface area contributed by atoms with E-state index in [-0.39, 0.29) is 11.4 Å². The third-order valence-corrected chi connectivity index (χ3v) is 5.38. The third kappa shape index (κ3) is 3.55. The molecule has 0 bridgehead atoms. The highest BCUT2D eigenvalue weighted by Gasteiger charge is 2.41. The number of ether oxygens (including phenoxy) is 1. The van der Waals surface area contributed by atoms with Crippen LogP contribution in [0.15, 0.2) is 42.6 Å². The minimum absolute atomic E-state index is 0.203. The van der Waals surface area contributed by atoms with Crippen LogP contribution in [-0.4, -0.2) is 34.4 Å². The van der Waals surface area contributed by atoms with E-state index in [1.54, 1.807) is 6.20 Å². The van der Waals surface area contributed by atoms with E-state index in [1.165, 1.54) is 0 Å². The normalized spacial score (nSPS) is 23.8. The number of carbonyl (C=O) groups excluding carboxylic acids is 1. The van der Waals surface area contributed by atoms with Crippen LogP contribution < -0.4 is 4.74 Å². The zero-order valence-electron chi connectivity index (χ0n) is 14.1. The molecule has 0 radical (unpaired) electrons. The first-order chi connectivity index (χ1) is 12.1. The molecule has 0 aliphatic carbocycles. The number of benzene rings is 1.